The minimum absolute atomic E-state index is 0.152. The molecule has 3 rings (SSSR count). The molecule has 1 fully saturated rings. The van der Waals surface area contributed by atoms with Crippen molar-refractivity contribution in [3.8, 4) is 0 Å². The number of rotatable bonds is 3. The molecule has 1 saturated heterocycles. The molecule has 0 unspecified atom stereocenters. The summed E-state index contributed by atoms with van der Waals surface area (Å²) in [5, 5.41) is 0. The van der Waals surface area contributed by atoms with Crippen LogP contribution in [0.2, 0.25) is 0 Å². The Morgan fingerprint density at radius 2 is 1.61 bits per heavy atom. The zero-order valence-corrected chi connectivity index (χ0v) is 13.3. The van der Waals surface area contributed by atoms with Crippen LogP contribution < -0.4 is 4.90 Å². The Kier molecular flexibility index (Phi) is 4.11. The maximum Gasteiger partial charge on any atom is 0.261 e. The number of benzene rings is 2. The van der Waals surface area contributed by atoms with Crippen LogP contribution in [0, 0.1) is 0 Å². The number of nitrogens with zero attached hydrogens (tertiary/aromatic N) is 1. The second-order valence-electron chi connectivity index (χ2n) is 6.04. The first-order valence-corrected chi connectivity index (χ1v) is 7.79. The Hall–Kier alpha value is -2.68. The van der Waals surface area contributed by atoms with Crippen molar-refractivity contribution in [1.82, 2.24) is 0 Å². The number of hydrogen-bond donors (Lipinski definition) is 0. The molecule has 2 aromatic rings. The lowest BCUT2D eigenvalue weighted by Gasteiger charge is -2.12. The molecule has 0 aliphatic carbocycles. The van der Waals surface area contributed by atoms with Crippen LogP contribution in [0.15, 0.2) is 60.2 Å². The second kappa shape index (κ2) is 6.21. The van der Waals surface area contributed by atoms with Crippen molar-refractivity contribution in [2.75, 3.05) is 4.90 Å². The van der Waals surface area contributed by atoms with Gasteiger partial charge in [0.1, 0.15) is 0 Å². The minimum atomic E-state index is -0.228. The highest BCUT2D eigenvalue weighted by atomic mass is 16.2. The van der Waals surface area contributed by atoms with Crippen LogP contribution in [0.25, 0.3) is 6.08 Å². The van der Waals surface area contributed by atoms with E-state index < -0.39 is 0 Å². The van der Waals surface area contributed by atoms with E-state index in [2.05, 4.69) is 26.0 Å². The Balaban J connectivity index is 1.87. The third kappa shape index (κ3) is 3.09. The summed E-state index contributed by atoms with van der Waals surface area (Å²) < 4.78 is 0. The molecule has 0 radical (unpaired) electrons. The smallest absolute Gasteiger partial charge is 0.261 e. The average molecular weight is 305 g/mol. The fourth-order valence-corrected chi connectivity index (χ4v) is 2.70. The summed E-state index contributed by atoms with van der Waals surface area (Å²) in [6, 6.07) is 17.2. The summed E-state index contributed by atoms with van der Waals surface area (Å²) in [6.07, 6.45) is 1.97. The van der Waals surface area contributed by atoms with E-state index in [0.717, 1.165) is 5.56 Å². The topological polar surface area (TPSA) is 37.4 Å². The van der Waals surface area contributed by atoms with E-state index in [1.54, 1.807) is 12.1 Å². The molecule has 0 saturated carbocycles. The molecular weight excluding hydrogens is 286 g/mol. The van der Waals surface area contributed by atoms with E-state index >= 15 is 0 Å². The molecule has 2 aromatic carbocycles. The maximum absolute atomic E-state index is 12.5. The first-order chi connectivity index (χ1) is 11.1. The fourth-order valence-electron chi connectivity index (χ4n) is 2.70. The van der Waals surface area contributed by atoms with Crippen molar-refractivity contribution in [2.24, 2.45) is 0 Å². The van der Waals surface area contributed by atoms with Crippen LogP contribution in [0.5, 0.6) is 0 Å². The molecule has 0 spiro atoms. The molecule has 0 aromatic heterocycles. The Bertz CT molecular complexity index is 758. The van der Waals surface area contributed by atoms with Gasteiger partial charge in [-0.1, -0.05) is 56.3 Å². The van der Waals surface area contributed by atoms with Crippen LogP contribution >= 0.6 is 0 Å². The number of anilines is 1. The zero-order chi connectivity index (χ0) is 16.4. The molecule has 23 heavy (non-hydrogen) atoms. The average Bonchev–Trinajstić information content (AvgIpc) is 2.82. The molecule has 0 atom stereocenters. The maximum atomic E-state index is 12.5. The van der Waals surface area contributed by atoms with Gasteiger partial charge in [0, 0.05) is 5.57 Å². The molecule has 0 bridgehead atoms. The molecule has 3 heteroatoms. The molecule has 0 N–H and O–H groups in total. The lowest BCUT2D eigenvalue weighted by atomic mass is 10.0. The van der Waals surface area contributed by atoms with E-state index in [0.29, 0.717) is 17.2 Å². The third-order valence-corrected chi connectivity index (χ3v) is 4.03. The van der Waals surface area contributed by atoms with Crippen molar-refractivity contribution >= 4 is 23.6 Å². The quantitative estimate of drug-likeness (QED) is 0.631. The molecular formula is C20H19NO2. The number of carbonyl (C=O) groups excluding carboxylic acids is 2. The van der Waals surface area contributed by atoms with Gasteiger partial charge in [0.25, 0.3) is 5.91 Å². The predicted octanol–water partition coefficient (Wildman–Crippen LogP) is 4.16. The summed E-state index contributed by atoms with van der Waals surface area (Å²) in [5.41, 5.74) is 3.37. The summed E-state index contributed by atoms with van der Waals surface area (Å²) in [5.74, 6) is 0.0698. The van der Waals surface area contributed by atoms with Crippen LogP contribution in [-0.4, -0.2) is 11.8 Å². The number of carbonyl (C=O) groups is 2. The summed E-state index contributed by atoms with van der Waals surface area (Å²) in [7, 11) is 0. The van der Waals surface area contributed by atoms with Gasteiger partial charge in [-0.25, -0.2) is 4.90 Å². The van der Waals surface area contributed by atoms with Gasteiger partial charge in [0.2, 0.25) is 5.91 Å². The van der Waals surface area contributed by atoms with E-state index in [-0.39, 0.29) is 18.2 Å². The highest BCUT2D eigenvalue weighted by Crippen LogP contribution is 2.27. The molecule has 3 nitrogen and oxygen atoms in total. The lowest BCUT2D eigenvalue weighted by molar-refractivity contribution is -0.120. The molecule has 116 valence electrons. The van der Waals surface area contributed by atoms with E-state index in [4.69, 9.17) is 0 Å². The Morgan fingerprint density at radius 1 is 0.957 bits per heavy atom. The molecule has 1 aliphatic rings. The van der Waals surface area contributed by atoms with Gasteiger partial charge in [0.15, 0.2) is 0 Å². The first kappa shape index (κ1) is 15.2. The summed E-state index contributed by atoms with van der Waals surface area (Å²) >= 11 is 0. The van der Waals surface area contributed by atoms with Crippen molar-refractivity contribution < 1.29 is 9.59 Å². The highest BCUT2D eigenvalue weighted by molar-refractivity contribution is 6.29. The van der Waals surface area contributed by atoms with Crippen molar-refractivity contribution in [3.05, 3.63) is 71.3 Å². The standard InChI is InChI=1S/C20H19NO2/c1-14(2)16-10-8-15(9-11-16)12-17-13-19(22)21(20(17)23)18-6-4-3-5-7-18/h3-12,14H,13H2,1-2H3. The second-order valence-corrected chi connectivity index (χ2v) is 6.04. The Morgan fingerprint density at radius 3 is 2.22 bits per heavy atom. The summed E-state index contributed by atoms with van der Waals surface area (Å²) in [4.78, 5) is 26.0. The van der Waals surface area contributed by atoms with Crippen LogP contribution in [0.3, 0.4) is 0 Å². The number of hydrogen-bond acceptors (Lipinski definition) is 2. The van der Waals surface area contributed by atoms with Gasteiger partial charge in [0.05, 0.1) is 12.1 Å². The lowest BCUT2D eigenvalue weighted by Crippen LogP contribution is -2.28. The largest absolute Gasteiger partial charge is 0.274 e. The van der Waals surface area contributed by atoms with E-state index in [1.165, 1.54) is 10.5 Å². The molecule has 1 heterocycles. The monoisotopic (exact) mass is 305 g/mol. The highest BCUT2D eigenvalue weighted by Gasteiger charge is 2.34. The summed E-state index contributed by atoms with van der Waals surface area (Å²) in [6.45, 7) is 4.29. The molecule has 1 aliphatic heterocycles. The van der Waals surface area contributed by atoms with Crippen LogP contribution in [-0.2, 0) is 9.59 Å². The number of para-hydroxylation sites is 1. The normalized spacial score (nSPS) is 16.7. The van der Waals surface area contributed by atoms with Gasteiger partial charge < -0.3 is 0 Å². The Labute approximate surface area is 136 Å². The number of imide groups is 1. The predicted molar refractivity (Wildman–Crippen MR) is 92.1 cm³/mol. The van der Waals surface area contributed by atoms with Gasteiger partial charge in [-0.3, -0.25) is 9.59 Å². The SMILES string of the molecule is CC(C)c1ccc(C=C2CC(=O)N(c3ccccc3)C2=O)cc1. The van der Waals surface area contributed by atoms with Gasteiger partial charge in [-0.2, -0.15) is 0 Å². The van der Waals surface area contributed by atoms with Crippen molar-refractivity contribution in [3.63, 3.8) is 0 Å². The van der Waals surface area contributed by atoms with Crippen molar-refractivity contribution in [2.45, 2.75) is 26.2 Å². The van der Waals surface area contributed by atoms with Gasteiger partial charge in [-0.15, -0.1) is 0 Å². The van der Waals surface area contributed by atoms with Crippen LogP contribution in [0.1, 0.15) is 37.3 Å². The fraction of sp³-hybridized carbons (Fsp3) is 0.200. The number of amides is 2. The third-order valence-electron chi connectivity index (χ3n) is 4.03. The van der Waals surface area contributed by atoms with Crippen molar-refractivity contribution in [1.29, 1.82) is 0 Å². The van der Waals surface area contributed by atoms with Crippen LogP contribution in [0.4, 0.5) is 5.69 Å². The van der Waals surface area contributed by atoms with Gasteiger partial charge >= 0.3 is 0 Å². The van der Waals surface area contributed by atoms with Gasteiger partial charge in [-0.05, 0) is 35.3 Å². The minimum Gasteiger partial charge on any atom is -0.274 e. The van der Waals surface area contributed by atoms with E-state index in [9.17, 15) is 9.59 Å². The zero-order valence-electron chi connectivity index (χ0n) is 13.3. The molecule has 2 amide bonds. The van der Waals surface area contributed by atoms with E-state index in [1.807, 2.05) is 36.4 Å². The first-order valence-electron chi connectivity index (χ1n) is 7.79.